The summed E-state index contributed by atoms with van der Waals surface area (Å²) in [4.78, 5) is 13.1. The molecular formula is C21H24N4O3S3. The van der Waals surface area contributed by atoms with E-state index in [0.29, 0.717) is 29.1 Å². The average molecular weight is 477 g/mol. The van der Waals surface area contributed by atoms with Gasteiger partial charge in [-0.05, 0) is 35.8 Å². The van der Waals surface area contributed by atoms with Crippen LogP contribution in [0.1, 0.15) is 54.3 Å². The number of aromatic nitrogens is 2. The van der Waals surface area contributed by atoms with Gasteiger partial charge < -0.3 is 0 Å². The third-order valence-corrected chi connectivity index (χ3v) is 9.11. The fourth-order valence-electron chi connectivity index (χ4n) is 3.47. The summed E-state index contributed by atoms with van der Waals surface area (Å²) in [5, 5.41) is 13.6. The monoisotopic (exact) mass is 476 g/mol. The Bertz CT molecular complexity index is 1160. The van der Waals surface area contributed by atoms with E-state index >= 15 is 0 Å². The van der Waals surface area contributed by atoms with Crippen molar-refractivity contribution in [2.75, 3.05) is 18.4 Å². The summed E-state index contributed by atoms with van der Waals surface area (Å²) in [6.45, 7) is 5.26. The first-order valence-corrected chi connectivity index (χ1v) is 13.3. The van der Waals surface area contributed by atoms with Gasteiger partial charge in [0.05, 0.1) is 0 Å². The van der Waals surface area contributed by atoms with Gasteiger partial charge in [-0.25, -0.2) is 8.42 Å². The fourth-order valence-corrected chi connectivity index (χ4v) is 7.02. The van der Waals surface area contributed by atoms with E-state index < -0.39 is 15.9 Å². The highest BCUT2D eigenvalue weighted by Gasteiger charge is 2.31. The van der Waals surface area contributed by atoms with Crippen molar-refractivity contribution in [2.45, 2.75) is 43.9 Å². The zero-order valence-electron chi connectivity index (χ0n) is 17.4. The molecule has 4 rings (SSSR count). The van der Waals surface area contributed by atoms with Crippen LogP contribution >= 0.6 is 22.7 Å². The van der Waals surface area contributed by atoms with Crippen LogP contribution in [0.5, 0.6) is 0 Å². The third kappa shape index (κ3) is 4.72. The van der Waals surface area contributed by atoms with Gasteiger partial charge in [0.1, 0.15) is 14.8 Å². The van der Waals surface area contributed by atoms with Crippen LogP contribution in [0.15, 0.2) is 40.6 Å². The van der Waals surface area contributed by atoms with Gasteiger partial charge in [0.15, 0.2) is 0 Å². The molecule has 0 radical (unpaired) electrons. The number of carbonyl (C=O) groups excluding carboxylic acids is 1. The summed E-state index contributed by atoms with van der Waals surface area (Å²) < 4.78 is 27.5. The Kier molecular flexibility index (Phi) is 6.52. The lowest BCUT2D eigenvalue weighted by Crippen LogP contribution is -2.36. The molecule has 1 aromatic carbocycles. The number of hydrogen-bond donors (Lipinski definition) is 1. The average Bonchev–Trinajstić information content (AvgIpc) is 3.45. The first kappa shape index (κ1) is 22.1. The van der Waals surface area contributed by atoms with Crippen LogP contribution in [0.2, 0.25) is 0 Å². The summed E-state index contributed by atoms with van der Waals surface area (Å²) in [6.07, 6.45) is 2.72. The zero-order valence-corrected chi connectivity index (χ0v) is 19.8. The van der Waals surface area contributed by atoms with Crippen LogP contribution in [0.25, 0.3) is 10.6 Å². The Morgan fingerprint density at radius 2 is 1.77 bits per heavy atom. The Hall–Kier alpha value is -2.14. The fraction of sp³-hybridized carbons (Fsp3) is 0.381. The molecule has 164 valence electrons. The number of thiophene rings is 1. The molecule has 1 aliphatic rings. The van der Waals surface area contributed by atoms with Crippen molar-refractivity contribution < 1.29 is 13.2 Å². The predicted molar refractivity (Wildman–Crippen MR) is 124 cm³/mol. The van der Waals surface area contributed by atoms with Gasteiger partial charge in [-0.2, -0.15) is 4.31 Å². The van der Waals surface area contributed by atoms with Crippen LogP contribution in [0, 0.1) is 0 Å². The van der Waals surface area contributed by atoms with Gasteiger partial charge in [-0.1, -0.05) is 55.9 Å². The van der Waals surface area contributed by atoms with Gasteiger partial charge in [-0.3, -0.25) is 10.1 Å². The molecule has 0 aliphatic carbocycles. The van der Waals surface area contributed by atoms with Crippen molar-refractivity contribution in [2.24, 2.45) is 0 Å². The predicted octanol–water partition coefficient (Wildman–Crippen LogP) is 4.82. The van der Waals surface area contributed by atoms with E-state index in [1.54, 1.807) is 5.38 Å². The van der Waals surface area contributed by atoms with E-state index in [0.717, 1.165) is 36.2 Å². The summed E-state index contributed by atoms with van der Waals surface area (Å²) in [5.74, 6) is -0.0389. The Balaban J connectivity index is 1.51. The highest BCUT2D eigenvalue weighted by Crippen LogP contribution is 2.30. The van der Waals surface area contributed by atoms with Crippen molar-refractivity contribution in [3.8, 4) is 10.6 Å². The lowest BCUT2D eigenvalue weighted by molar-refractivity contribution is 0.102. The summed E-state index contributed by atoms with van der Waals surface area (Å²) >= 11 is 2.37. The molecule has 3 aromatic rings. The normalized spacial score (nSPS) is 15.3. The smallest absolute Gasteiger partial charge is 0.268 e. The second-order valence-corrected chi connectivity index (χ2v) is 11.5. The van der Waals surface area contributed by atoms with Crippen molar-refractivity contribution >= 4 is 43.7 Å². The number of nitrogens with zero attached hydrogens (tertiary/aromatic N) is 3. The zero-order chi connectivity index (χ0) is 22.0. The van der Waals surface area contributed by atoms with Crippen molar-refractivity contribution in [1.29, 1.82) is 0 Å². The number of nitrogens with one attached hydrogen (secondary N) is 1. The highest BCUT2D eigenvalue weighted by molar-refractivity contribution is 7.89. The molecule has 0 unspecified atom stereocenters. The lowest BCUT2D eigenvalue weighted by Gasteiger charge is -2.25. The molecule has 1 N–H and O–H groups in total. The number of benzene rings is 1. The number of carbonyl (C=O) groups is 1. The quantitative estimate of drug-likeness (QED) is 0.551. The summed E-state index contributed by atoms with van der Waals surface area (Å²) in [6, 6.07) is 9.60. The topological polar surface area (TPSA) is 92.3 Å². The van der Waals surface area contributed by atoms with Gasteiger partial charge in [0.25, 0.3) is 5.91 Å². The maximum absolute atomic E-state index is 13.0. The van der Waals surface area contributed by atoms with Gasteiger partial charge in [0.2, 0.25) is 15.2 Å². The Labute approximate surface area is 190 Å². The molecule has 3 heterocycles. The van der Waals surface area contributed by atoms with Gasteiger partial charge in [-0.15, -0.1) is 21.5 Å². The molecule has 7 nitrogen and oxygen atoms in total. The minimum Gasteiger partial charge on any atom is -0.296 e. The second kappa shape index (κ2) is 9.15. The molecular weight excluding hydrogens is 452 g/mol. The van der Waals surface area contributed by atoms with Crippen molar-refractivity contribution in [3.05, 3.63) is 46.2 Å². The number of anilines is 1. The van der Waals surface area contributed by atoms with Crippen molar-refractivity contribution in [3.63, 3.8) is 0 Å². The maximum atomic E-state index is 13.0. The number of amides is 1. The largest absolute Gasteiger partial charge is 0.296 e. The van der Waals surface area contributed by atoms with Crippen LogP contribution in [-0.4, -0.2) is 41.9 Å². The van der Waals surface area contributed by atoms with Gasteiger partial charge >= 0.3 is 0 Å². The van der Waals surface area contributed by atoms with E-state index in [4.69, 9.17) is 0 Å². The number of sulfonamides is 1. The molecule has 1 aliphatic heterocycles. The molecule has 2 aromatic heterocycles. The van der Waals surface area contributed by atoms with Crippen LogP contribution < -0.4 is 5.32 Å². The molecule has 0 bridgehead atoms. The maximum Gasteiger partial charge on any atom is 0.268 e. The molecule has 0 spiro atoms. The Morgan fingerprint density at radius 3 is 2.45 bits per heavy atom. The number of piperidine rings is 1. The first-order valence-electron chi connectivity index (χ1n) is 10.2. The van der Waals surface area contributed by atoms with E-state index in [9.17, 15) is 13.2 Å². The van der Waals surface area contributed by atoms with E-state index in [2.05, 4.69) is 41.5 Å². The van der Waals surface area contributed by atoms with Crippen LogP contribution in [-0.2, 0) is 10.0 Å². The standard InChI is InChI=1S/C21H24N4O3S3/c1-14(2)15-6-8-16(9-7-15)20-23-24-21(30-20)22-19(26)18-17(10-13-29-18)31(27,28)25-11-4-3-5-12-25/h6-10,13-14H,3-5,11-12H2,1-2H3,(H,22,24,26). The molecule has 1 fully saturated rings. The Morgan fingerprint density at radius 1 is 1.06 bits per heavy atom. The van der Waals surface area contributed by atoms with Crippen molar-refractivity contribution in [1.82, 2.24) is 14.5 Å². The minimum atomic E-state index is -3.69. The lowest BCUT2D eigenvalue weighted by atomic mass is 10.0. The van der Waals surface area contributed by atoms with E-state index in [1.165, 1.54) is 27.3 Å². The van der Waals surface area contributed by atoms with E-state index in [1.807, 2.05) is 12.1 Å². The molecule has 1 saturated heterocycles. The highest BCUT2D eigenvalue weighted by atomic mass is 32.2. The summed E-state index contributed by atoms with van der Waals surface area (Å²) in [5.41, 5.74) is 2.16. The molecule has 0 saturated carbocycles. The molecule has 0 atom stereocenters. The third-order valence-electron chi connectivity index (χ3n) is 5.24. The van der Waals surface area contributed by atoms with Gasteiger partial charge in [0, 0.05) is 18.7 Å². The van der Waals surface area contributed by atoms with E-state index in [-0.39, 0.29) is 9.77 Å². The summed E-state index contributed by atoms with van der Waals surface area (Å²) in [7, 11) is -3.69. The van der Waals surface area contributed by atoms with Crippen LogP contribution in [0.4, 0.5) is 5.13 Å². The number of hydrogen-bond acceptors (Lipinski definition) is 7. The van der Waals surface area contributed by atoms with Crippen LogP contribution in [0.3, 0.4) is 0 Å². The molecule has 1 amide bonds. The molecule has 10 heteroatoms. The SMILES string of the molecule is CC(C)c1ccc(-c2nnc(NC(=O)c3sccc3S(=O)(=O)N3CCCCC3)s2)cc1. The molecule has 31 heavy (non-hydrogen) atoms. The first-order chi connectivity index (χ1) is 14.9. The second-order valence-electron chi connectivity index (χ2n) is 7.72. The minimum absolute atomic E-state index is 0.0610. The number of rotatable bonds is 6.